The molecule has 1 N–H and O–H groups in total. The lowest BCUT2D eigenvalue weighted by atomic mass is 9.86. The molecule has 2 fully saturated rings. The fraction of sp³-hybridized carbons (Fsp3) is 0.765. The van der Waals surface area contributed by atoms with E-state index in [1.54, 1.807) is 0 Å². The molecule has 3 nitrogen and oxygen atoms in total. The van der Waals surface area contributed by atoms with Crippen molar-refractivity contribution in [2.45, 2.75) is 51.1 Å². The van der Waals surface area contributed by atoms with E-state index in [2.05, 4.69) is 29.3 Å². The van der Waals surface area contributed by atoms with Gasteiger partial charge in [0, 0.05) is 41.6 Å². The summed E-state index contributed by atoms with van der Waals surface area (Å²) in [5.41, 5.74) is 0.338. The topological polar surface area (TPSA) is 24.5 Å². The van der Waals surface area contributed by atoms with E-state index in [0.717, 1.165) is 26.3 Å². The van der Waals surface area contributed by atoms with Crippen LogP contribution in [0.2, 0.25) is 0 Å². The van der Waals surface area contributed by atoms with Crippen LogP contribution >= 0.6 is 11.3 Å². The molecule has 0 spiro atoms. The Morgan fingerprint density at radius 2 is 1.95 bits per heavy atom. The second kappa shape index (κ2) is 7.23. The molecule has 3 heterocycles. The normalized spacial score (nSPS) is 23.3. The van der Waals surface area contributed by atoms with Gasteiger partial charge in [0.25, 0.3) is 0 Å². The lowest BCUT2D eigenvalue weighted by Gasteiger charge is -2.48. The van der Waals surface area contributed by atoms with Gasteiger partial charge >= 0.3 is 0 Å². The largest absolute Gasteiger partial charge is 0.381 e. The molecule has 1 aromatic heterocycles. The van der Waals surface area contributed by atoms with Crippen molar-refractivity contribution in [2.75, 3.05) is 32.8 Å². The Morgan fingerprint density at radius 3 is 2.62 bits per heavy atom. The minimum absolute atomic E-state index is 0.338. The highest BCUT2D eigenvalue weighted by Gasteiger charge is 2.38. The molecule has 0 amide bonds. The molecule has 0 aliphatic carbocycles. The molecule has 2 aliphatic rings. The first-order chi connectivity index (χ1) is 10.3. The van der Waals surface area contributed by atoms with E-state index in [1.807, 2.05) is 11.3 Å². The summed E-state index contributed by atoms with van der Waals surface area (Å²) < 4.78 is 5.63. The predicted octanol–water partition coefficient (Wildman–Crippen LogP) is 3.18. The van der Waals surface area contributed by atoms with Crippen molar-refractivity contribution >= 4 is 11.3 Å². The molecule has 118 valence electrons. The molecule has 21 heavy (non-hydrogen) atoms. The van der Waals surface area contributed by atoms with Gasteiger partial charge in [-0.3, -0.25) is 4.90 Å². The van der Waals surface area contributed by atoms with Crippen LogP contribution in [0.25, 0.3) is 0 Å². The molecule has 0 unspecified atom stereocenters. The van der Waals surface area contributed by atoms with Crippen molar-refractivity contribution < 1.29 is 4.74 Å². The number of hydrogen-bond donors (Lipinski definition) is 1. The molecular weight excluding hydrogens is 280 g/mol. The second-order valence-electron chi connectivity index (χ2n) is 6.50. The van der Waals surface area contributed by atoms with Gasteiger partial charge < -0.3 is 10.1 Å². The molecule has 4 heteroatoms. The Kier molecular flexibility index (Phi) is 5.33. The molecule has 0 saturated carbocycles. The van der Waals surface area contributed by atoms with Gasteiger partial charge in [0.1, 0.15) is 0 Å². The van der Waals surface area contributed by atoms with Crippen LogP contribution in [0.1, 0.15) is 41.9 Å². The Balaban J connectivity index is 1.59. The quantitative estimate of drug-likeness (QED) is 0.904. The highest BCUT2D eigenvalue weighted by Crippen LogP contribution is 2.30. The van der Waals surface area contributed by atoms with Crippen molar-refractivity contribution in [3.05, 3.63) is 21.9 Å². The monoisotopic (exact) mass is 308 g/mol. The van der Waals surface area contributed by atoms with E-state index in [9.17, 15) is 0 Å². The van der Waals surface area contributed by atoms with Gasteiger partial charge in [-0.25, -0.2) is 0 Å². The Hall–Kier alpha value is -0.420. The Bertz CT molecular complexity index is 434. The molecular formula is C17H28N2OS. The second-order valence-corrected chi connectivity index (χ2v) is 7.87. The first-order valence-electron chi connectivity index (χ1n) is 8.37. The SMILES string of the molecule is Cc1ccc(CNCC2(N3CCCCC3)CCOCC2)s1. The summed E-state index contributed by atoms with van der Waals surface area (Å²) in [7, 11) is 0. The zero-order valence-corrected chi connectivity index (χ0v) is 14.0. The maximum Gasteiger partial charge on any atom is 0.0484 e. The number of aryl methyl sites for hydroxylation is 1. The summed E-state index contributed by atoms with van der Waals surface area (Å²) in [5.74, 6) is 0. The van der Waals surface area contributed by atoms with E-state index in [4.69, 9.17) is 4.74 Å². The van der Waals surface area contributed by atoms with Crippen molar-refractivity contribution in [3.63, 3.8) is 0 Å². The molecule has 3 rings (SSSR count). The van der Waals surface area contributed by atoms with Crippen molar-refractivity contribution in [1.29, 1.82) is 0 Å². The maximum absolute atomic E-state index is 5.63. The van der Waals surface area contributed by atoms with Crippen LogP contribution in [0.4, 0.5) is 0 Å². The average Bonchev–Trinajstić information content (AvgIpc) is 2.95. The number of nitrogens with zero attached hydrogens (tertiary/aromatic N) is 1. The lowest BCUT2D eigenvalue weighted by Crippen LogP contribution is -2.59. The van der Waals surface area contributed by atoms with Gasteiger partial charge in [-0.1, -0.05) is 6.42 Å². The third kappa shape index (κ3) is 3.86. The van der Waals surface area contributed by atoms with Crippen LogP contribution in [-0.4, -0.2) is 43.3 Å². The number of rotatable bonds is 5. The Morgan fingerprint density at radius 1 is 1.19 bits per heavy atom. The zero-order chi connectivity index (χ0) is 14.5. The molecule has 2 aliphatic heterocycles. The lowest BCUT2D eigenvalue weighted by molar-refractivity contribution is -0.0357. The van der Waals surface area contributed by atoms with Crippen LogP contribution < -0.4 is 5.32 Å². The first kappa shape index (κ1) is 15.5. The van der Waals surface area contributed by atoms with E-state index in [-0.39, 0.29) is 0 Å². The van der Waals surface area contributed by atoms with Crippen LogP contribution in [-0.2, 0) is 11.3 Å². The Labute approximate surface area is 132 Å². The summed E-state index contributed by atoms with van der Waals surface area (Å²) in [6, 6.07) is 4.47. The van der Waals surface area contributed by atoms with E-state index in [0.29, 0.717) is 5.54 Å². The molecule has 0 radical (unpaired) electrons. The third-order valence-electron chi connectivity index (χ3n) is 5.00. The molecule has 1 aromatic rings. The molecule has 0 atom stereocenters. The summed E-state index contributed by atoms with van der Waals surface area (Å²) in [6.45, 7) is 8.70. The van der Waals surface area contributed by atoms with Crippen molar-refractivity contribution in [1.82, 2.24) is 10.2 Å². The van der Waals surface area contributed by atoms with Crippen LogP contribution in [0.15, 0.2) is 12.1 Å². The number of nitrogens with one attached hydrogen (secondary N) is 1. The standard InChI is InChI=1S/C17H28N2OS/c1-15-5-6-16(21-15)13-18-14-17(7-11-20-12-8-17)19-9-3-2-4-10-19/h5-6,18H,2-4,7-14H2,1H3. The minimum Gasteiger partial charge on any atom is -0.381 e. The van der Waals surface area contributed by atoms with Gasteiger partial charge in [0.15, 0.2) is 0 Å². The van der Waals surface area contributed by atoms with Gasteiger partial charge in [-0.2, -0.15) is 0 Å². The highest BCUT2D eigenvalue weighted by molar-refractivity contribution is 7.11. The number of thiophene rings is 1. The van der Waals surface area contributed by atoms with Crippen molar-refractivity contribution in [3.8, 4) is 0 Å². The summed E-state index contributed by atoms with van der Waals surface area (Å²) >= 11 is 1.91. The third-order valence-corrected chi connectivity index (χ3v) is 6.00. The fourth-order valence-electron chi connectivity index (χ4n) is 3.72. The molecule has 2 saturated heterocycles. The van der Waals surface area contributed by atoms with Gasteiger partial charge in [-0.15, -0.1) is 11.3 Å². The zero-order valence-electron chi connectivity index (χ0n) is 13.2. The van der Waals surface area contributed by atoms with Gasteiger partial charge in [0.05, 0.1) is 0 Å². The minimum atomic E-state index is 0.338. The highest BCUT2D eigenvalue weighted by atomic mass is 32.1. The first-order valence-corrected chi connectivity index (χ1v) is 9.19. The molecule has 0 aromatic carbocycles. The van der Waals surface area contributed by atoms with Crippen LogP contribution in [0.5, 0.6) is 0 Å². The summed E-state index contributed by atoms with van der Waals surface area (Å²) in [6.07, 6.45) is 6.51. The molecule has 0 bridgehead atoms. The smallest absolute Gasteiger partial charge is 0.0484 e. The number of likely N-dealkylation sites (tertiary alicyclic amines) is 1. The van der Waals surface area contributed by atoms with Crippen LogP contribution in [0, 0.1) is 6.92 Å². The maximum atomic E-state index is 5.63. The van der Waals surface area contributed by atoms with Gasteiger partial charge in [0.2, 0.25) is 0 Å². The predicted molar refractivity (Wildman–Crippen MR) is 89.0 cm³/mol. The summed E-state index contributed by atoms with van der Waals surface area (Å²) in [4.78, 5) is 5.61. The summed E-state index contributed by atoms with van der Waals surface area (Å²) in [5, 5.41) is 3.74. The van der Waals surface area contributed by atoms with Crippen LogP contribution in [0.3, 0.4) is 0 Å². The van der Waals surface area contributed by atoms with E-state index >= 15 is 0 Å². The van der Waals surface area contributed by atoms with Crippen molar-refractivity contribution in [2.24, 2.45) is 0 Å². The van der Waals surface area contributed by atoms with E-state index < -0.39 is 0 Å². The van der Waals surface area contributed by atoms with E-state index in [1.165, 1.54) is 54.9 Å². The number of hydrogen-bond acceptors (Lipinski definition) is 4. The van der Waals surface area contributed by atoms with Gasteiger partial charge in [-0.05, 0) is 57.8 Å². The average molecular weight is 308 g/mol. The fourth-order valence-corrected chi connectivity index (χ4v) is 4.58. The number of ether oxygens (including phenoxy) is 1. The number of piperidine rings is 1.